The molecule has 3 heterocycles. The molecule has 354 valence electrons. The van der Waals surface area contributed by atoms with Crippen molar-refractivity contribution in [1.82, 2.24) is 49.7 Å². The summed E-state index contributed by atoms with van der Waals surface area (Å²) in [7, 11) is 7.67. The van der Waals surface area contributed by atoms with Gasteiger partial charge >= 0.3 is 0 Å². The Labute approximate surface area is 375 Å². The molecule has 0 aliphatic heterocycles. The Balaban J connectivity index is 1.86. The average Bonchev–Trinajstić information content (AvgIpc) is 3.25. The number of nitrogens with one attached hydrogen (secondary N) is 4. The number of aldehydes is 1. The molecule has 22 nitrogen and oxygen atoms in total. The number of hydrogen-bond donors (Lipinski definition) is 8. The maximum Gasteiger partial charge on any atom is 0.293 e. The number of aliphatic hydroxyl groups is 1. The molecule has 65 heavy (non-hydrogen) atoms. The Bertz CT molecular complexity index is 2350. The van der Waals surface area contributed by atoms with Gasteiger partial charge in [-0.15, -0.1) is 0 Å². The standard InChI is InChI=1S/C43H60N10O12/c1-27(2)28(24-52(20-12-44-37(59)29(33(55)26-54)8-16-48(3)4)21-13-45-38(60)30-9-17-49(5)41(63)34(30)56)25-53(22-14-46-39(61)31-10-18-50(6)42(64)35(31)57)23-15-47-40(62)32-11-19-51(7)43(65)36(32)58/h8-11,16-19,26-28,55-58H,12-15,20-25H2,1-7H3,(H,44,59)(H,45,60)(H,46,61)(H,47,62)/b16-8-,33-29-. The number of aromatic hydroxyl groups is 3. The number of carbonyl (C=O) groups is 5. The number of amides is 4. The van der Waals surface area contributed by atoms with Gasteiger partial charge in [-0.1, -0.05) is 13.8 Å². The highest BCUT2D eigenvalue weighted by atomic mass is 16.3. The smallest absolute Gasteiger partial charge is 0.293 e. The number of carbonyl (C=O) groups excluding carboxylic acids is 5. The number of aliphatic hydroxyl groups excluding tert-OH is 1. The summed E-state index contributed by atoms with van der Waals surface area (Å²) in [6, 6.07) is 3.93. The predicted octanol–water partition coefficient (Wildman–Crippen LogP) is -1.43. The van der Waals surface area contributed by atoms with Gasteiger partial charge in [0.05, 0.1) is 22.3 Å². The molecular formula is C43H60N10O12. The van der Waals surface area contributed by atoms with Crippen molar-refractivity contribution >= 4 is 29.9 Å². The van der Waals surface area contributed by atoms with E-state index in [0.717, 1.165) is 13.7 Å². The number of allylic oxidation sites excluding steroid dienone is 1. The number of hydrogen-bond acceptors (Lipinski definition) is 15. The van der Waals surface area contributed by atoms with Crippen LogP contribution in [-0.4, -0.2) is 158 Å². The topological polar surface area (TPSA) is 290 Å². The summed E-state index contributed by atoms with van der Waals surface area (Å²) in [4.78, 5) is 106. The highest BCUT2D eigenvalue weighted by Gasteiger charge is 2.24. The lowest BCUT2D eigenvalue weighted by molar-refractivity contribution is -0.118. The lowest BCUT2D eigenvalue weighted by Gasteiger charge is -2.34. The molecule has 0 saturated heterocycles. The van der Waals surface area contributed by atoms with E-state index < -0.39 is 63.3 Å². The zero-order chi connectivity index (χ0) is 48.5. The molecule has 4 amide bonds. The van der Waals surface area contributed by atoms with Gasteiger partial charge in [0.15, 0.2) is 29.3 Å². The third-order valence-electron chi connectivity index (χ3n) is 10.4. The Morgan fingerprint density at radius 2 is 0.969 bits per heavy atom. The Kier molecular flexibility index (Phi) is 19.7. The molecule has 1 atom stereocenters. The van der Waals surface area contributed by atoms with Crippen LogP contribution in [0.5, 0.6) is 17.2 Å². The minimum atomic E-state index is -0.763. The normalized spacial score (nSPS) is 12.3. The van der Waals surface area contributed by atoms with Crippen molar-refractivity contribution in [2.75, 3.05) is 79.5 Å². The molecule has 3 rings (SSSR count). The van der Waals surface area contributed by atoms with Crippen molar-refractivity contribution in [1.29, 1.82) is 0 Å². The van der Waals surface area contributed by atoms with E-state index in [-0.39, 0.29) is 92.7 Å². The van der Waals surface area contributed by atoms with E-state index in [2.05, 4.69) is 21.3 Å². The third-order valence-corrected chi connectivity index (χ3v) is 10.4. The number of aryl methyl sites for hydroxylation is 3. The molecule has 3 aromatic rings. The van der Waals surface area contributed by atoms with E-state index in [9.17, 15) is 58.8 Å². The first-order chi connectivity index (χ1) is 30.7. The van der Waals surface area contributed by atoms with Crippen LogP contribution in [0.25, 0.3) is 0 Å². The van der Waals surface area contributed by atoms with E-state index in [1.54, 1.807) is 19.0 Å². The largest absolute Gasteiger partial charge is 0.504 e. The fourth-order valence-electron chi connectivity index (χ4n) is 6.38. The Morgan fingerprint density at radius 1 is 0.631 bits per heavy atom. The first kappa shape index (κ1) is 52.1. The summed E-state index contributed by atoms with van der Waals surface area (Å²) in [6.45, 7) is 5.73. The van der Waals surface area contributed by atoms with Crippen molar-refractivity contribution in [3.63, 3.8) is 0 Å². The molecule has 0 aliphatic carbocycles. The number of rotatable bonds is 24. The number of aromatic nitrogens is 3. The predicted molar refractivity (Wildman–Crippen MR) is 240 cm³/mol. The van der Waals surface area contributed by atoms with Crippen LogP contribution in [0.4, 0.5) is 0 Å². The summed E-state index contributed by atoms with van der Waals surface area (Å²) in [5.74, 6) is -5.83. The van der Waals surface area contributed by atoms with Crippen molar-refractivity contribution in [2.24, 2.45) is 33.0 Å². The van der Waals surface area contributed by atoms with Crippen LogP contribution in [0.15, 0.2) is 74.8 Å². The second-order valence-electron chi connectivity index (χ2n) is 15.8. The van der Waals surface area contributed by atoms with Gasteiger partial charge in [0, 0.05) is 119 Å². The van der Waals surface area contributed by atoms with Gasteiger partial charge in [-0.2, -0.15) is 0 Å². The van der Waals surface area contributed by atoms with Crippen LogP contribution < -0.4 is 37.9 Å². The Morgan fingerprint density at radius 3 is 1.28 bits per heavy atom. The first-order valence-electron chi connectivity index (χ1n) is 20.6. The van der Waals surface area contributed by atoms with Crippen LogP contribution in [0.2, 0.25) is 0 Å². The fourth-order valence-corrected chi connectivity index (χ4v) is 6.38. The van der Waals surface area contributed by atoms with Crippen LogP contribution in [0.1, 0.15) is 44.9 Å². The lowest BCUT2D eigenvalue weighted by atomic mass is 9.94. The van der Waals surface area contributed by atoms with Crippen molar-refractivity contribution in [3.8, 4) is 17.2 Å². The molecule has 0 aliphatic rings. The first-order valence-corrected chi connectivity index (χ1v) is 20.6. The quantitative estimate of drug-likeness (QED) is 0.0221. The molecule has 22 heteroatoms. The Hall–Kier alpha value is -7.20. The molecule has 0 aromatic carbocycles. The highest BCUT2D eigenvalue weighted by Crippen LogP contribution is 2.17. The van der Waals surface area contributed by atoms with E-state index in [1.165, 1.54) is 70.2 Å². The van der Waals surface area contributed by atoms with Crippen LogP contribution >= 0.6 is 0 Å². The third kappa shape index (κ3) is 15.0. The van der Waals surface area contributed by atoms with E-state index >= 15 is 0 Å². The van der Waals surface area contributed by atoms with Gasteiger partial charge in [0.1, 0.15) is 0 Å². The van der Waals surface area contributed by atoms with E-state index in [4.69, 9.17) is 0 Å². The maximum absolute atomic E-state index is 13.1. The minimum absolute atomic E-state index is 0.00366. The molecule has 8 N–H and O–H groups in total. The lowest BCUT2D eigenvalue weighted by Crippen LogP contribution is -2.47. The molecule has 0 fully saturated rings. The number of pyridine rings is 3. The summed E-state index contributed by atoms with van der Waals surface area (Å²) in [6.07, 6.45) is 6.98. The van der Waals surface area contributed by atoms with Crippen molar-refractivity contribution < 1.29 is 44.4 Å². The van der Waals surface area contributed by atoms with Gasteiger partial charge in [0.25, 0.3) is 40.3 Å². The highest BCUT2D eigenvalue weighted by molar-refractivity contribution is 6.00. The van der Waals surface area contributed by atoms with Gasteiger partial charge in [-0.3, -0.25) is 48.2 Å². The molecular weight excluding hydrogens is 849 g/mol. The van der Waals surface area contributed by atoms with E-state index in [1.807, 2.05) is 23.6 Å². The molecule has 1 unspecified atom stereocenters. The second-order valence-corrected chi connectivity index (χ2v) is 15.8. The molecule has 0 spiro atoms. The number of nitrogens with zero attached hydrogens (tertiary/aromatic N) is 6. The summed E-state index contributed by atoms with van der Waals surface area (Å²) in [5.41, 5.74) is -3.13. The molecule has 0 radical (unpaired) electrons. The average molecular weight is 909 g/mol. The summed E-state index contributed by atoms with van der Waals surface area (Å²) in [5, 5.41) is 52.0. The zero-order valence-electron chi connectivity index (χ0n) is 37.7. The molecule has 3 aromatic heterocycles. The summed E-state index contributed by atoms with van der Waals surface area (Å²) >= 11 is 0. The van der Waals surface area contributed by atoms with Crippen molar-refractivity contribution in [2.45, 2.75) is 13.8 Å². The van der Waals surface area contributed by atoms with Crippen LogP contribution in [0.3, 0.4) is 0 Å². The monoisotopic (exact) mass is 908 g/mol. The SMILES string of the molecule is CC(C)C(CN(CCNC(=O)C(/C=C\N(C)C)=C(\O)C=O)CCNC(=O)c1ccn(C)c(=O)c1O)CN(CCNC(=O)c1ccn(C)c(=O)c1O)CCNC(=O)c1ccn(C)c(=O)c1O. The maximum atomic E-state index is 13.1. The van der Waals surface area contributed by atoms with Gasteiger partial charge in [-0.05, 0) is 42.3 Å². The molecule has 0 bridgehead atoms. The minimum Gasteiger partial charge on any atom is -0.504 e. The zero-order valence-corrected chi connectivity index (χ0v) is 37.7. The van der Waals surface area contributed by atoms with Crippen LogP contribution in [0, 0.1) is 11.8 Å². The van der Waals surface area contributed by atoms with Gasteiger partial charge in [0.2, 0.25) is 0 Å². The summed E-state index contributed by atoms with van der Waals surface area (Å²) < 4.78 is 3.38. The van der Waals surface area contributed by atoms with E-state index in [0.29, 0.717) is 13.1 Å². The van der Waals surface area contributed by atoms with Crippen LogP contribution in [-0.2, 0) is 30.7 Å². The van der Waals surface area contributed by atoms with Gasteiger partial charge in [-0.25, -0.2) is 0 Å². The fraction of sp³-hybridized carbons (Fsp3) is 0.442. The van der Waals surface area contributed by atoms with Crippen molar-refractivity contribution in [3.05, 3.63) is 108 Å². The van der Waals surface area contributed by atoms with Gasteiger partial charge < -0.3 is 60.3 Å². The molecule has 0 saturated carbocycles. The second kappa shape index (κ2) is 24.6.